The van der Waals surface area contributed by atoms with Gasteiger partial charge in [0.2, 0.25) is 5.78 Å². The van der Waals surface area contributed by atoms with Crippen LogP contribution in [0.1, 0.15) is 18.2 Å². The number of rotatable bonds is 3. The Hall–Kier alpha value is -3.09. The normalized spacial score (nSPS) is 16.2. The van der Waals surface area contributed by atoms with E-state index in [1.807, 2.05) is 0 Å². The highest BCUT2D eigenvalue weighted by Gasteiger charge is 2.15. The summed E-state index contributed by atoms with van der Waals surface area (Å²) in [5.74, 6) is 0.749. The van der Waals surface area contributed by atoms with Crippen LogP contribution < -0.4 is 11.3 Å². The SMILES string of the molecule is CCOC1=CC(=Cc2c(N)n3oc(C)cc3nc2=O)C=CC1=O. The summed E-state index contributed by atoms with van der Waals surface area (Å²) in [5.41, 5.74) is 6.71. The highest BCUT2D eigenvalue weighted by molar-refractivity contribution is 6.05. The molecule has 2 heterocycles. The number of nitrogens with two attached hydrogens (primary N) is 1. The number of hydrogen-bond acceptors (Lipinski definition) is 6. The van der Waals surface area contributed by atoms with E-state index in [1.54, 1.807) is 38.1 Å². The van der Waals surface area contributed by atoms with Crippen LogP contribution in [0, 0.1) is 6.92 Å². The molecule has 0 saturated carbocycles. The van der Waals surface area contributed by atoms with Crippen LogP contribution in [0.4, 0.5) is 5.82 Å². The van der Waals surface area contributed by atoms with Gasteiger partial charge in [-0.2, -0.15) is 4.98 Å². The van der Waals surface area contributed by atoms with Crippen LogP contribution in [0.15, 0.2) is 44.9 Å². The van der Waals surface area contributed by atoms with Crippen molar-refractivity contribution in [1.29, 1.82) is 0 Å². The van der Waals surface area contributed by atoms with Crippen LogP contribution in [0.3, 0.4) is 0 Å². The van der Waals surface area contributed by atoms with Gasteiger partial charge in [0, 0.05) is 6.07 Å². The number of carbonyl (C=O) groups is 1. The Kier molecular flexibility index (Phi) is 3.61. The molecule has 0 bridgehead atoms. The molecule has 0 unspecified atom stereocenters. The van der Waals surface area contributed by atoms with Gasteiger partial charge in [0.15, 0.2) is 17.2 Å². The van der Waals surface area contributed by atoms with Crippen molar-refractivity contribution in [3.63, 3.8) is 0 Å². The predicted molar refractivity (Wildman–Crippen MR) is 84.7 cm³/mol. The van der Waals surface area contributed by atoms with E-state index in [0.717, 1.165) is 0 Å². The van der Waals surface area contributed by atoms with Crippen molar-refractivity contribution in [2.75, 3.05) is 12.3 Å². The second kappa shape index (κ2) is 5.60. The van der Waals surface area contributed by atoms with Gasteiger partial charge in [0.05, 0.1) is 12.2 Å². The minimum Gasteiger partial charge on any atom is -0.490 e. The maximum atomic E-state index is 12.2. The fourth-order valence-corrected chi connectivity index (χ4v) is 2.28. The molecule has 0 spiro atoms. The second-order valence-corrected chi connectivity index (χ2v) is 5.00. The van der Waals surface area contributed by atoms with E-state index in [2.05, 4.69) is 4.98 Å². The smallest absolute Gasteiger partial charge is 0.282 e. The van der Waals surface area contributed by atoms with Crippen LogP contribution in [-0.4, -0.2) is 21.9 Å². The molecule has 7 heteroatoms. The predicted octanol–water partition coefficient (Wildman–Crippen LogP) is 1.62. The lowest BCUT2D eigenvalue weighted by molar-refractivity contribution is -0.114. The number of allylic oxidation sites excluding steroid dienone is 4. The Morgan fingerprint density at radius 3 is 2.91 bits per heavy atom. The lowest BCUT2D eigenvalue weighted by Gasteiger charge is -2.10. The van der Waals surface area contributed by atoms with Crippen molar-refractivity contribution in [1.82, 2.24) is 9.56 Å². The minimum absolute atomic E-state index is 0.150. The maximum absolute atomic E-state index is 12.2. The largest absolute Gasteiger partial charge is 0.490 e. The van der Waals surface area contributed by atoms with Crippen molar-refractivity contribution in [2.45, 2.75) is 13.8 Å². The maximum Gasteiger partial charge on any atom is 0.282 e. The molecule has 2 N–H and O–H groups in total. The first-order valence-electron chi connectivity index (χ1n) is 7.07. The van der Waals surface area contributed by atoms with Crippen LogP contribution in [0.2, 0.25) is 0 Å². The molecule has 23 heavy (non-hydrogen) atoms. The summed E-state index contributed by atoms with van der Waals surface area (Å²) < 4.78 is 12.0. The van der Waals surface area contributed by atoms with Gasteiger partial charge in [0.25, 0.3) is 5.56 Å². The molecule has 0 aromatic carbocycles. The Labute approximate surface area is 131 Å². The summed E-state index contributed by atoms with van der Waals surface area (Å²) in [4.78, 5) is 27.8. The van der Waals surface area contributed by atoms with E-state index < -0.39 is 5.56 Å². The number of hydrogen-bond donors (Lipinski definition) is 1. The van der Waals surface area contributed by atoms with Crippen molar-refractivity contribution >= 4 is 23.3 Å². The lowest BCUT2D eigenvalue weighted by Crippen LogP contribution is -2.16. The summed E-state index contributed by atoms with van der Waals surface area (Å²) in [7, 11) is 0. The van der Waals surface area contributed by atoms with Crippen molar-refractivity contribution in [2.24, 2.45) is 0 Å². The van der Waals surface area contributed by atoms with Gasteiger partial charge in [-0.05, 0) is 37.6 Å². The molecule has 2 aromatic rings. The van der Waals surface area contributed by atoms with Gasteiger partial charge < -0.3 is 15.0 Å². The number of fused-ring (bicyclic) bond motifs is 1. The van der Waals surface area contributed by atoms with Crippen LogP contribution in [0.5, 0.6) is 0 Å². The number of nitrogens with zero attached hydrogens (tertiary/aromatic N) is 2. The third-order valence-electron chi connectivity index (χ3n) is 3.30. The quantitative estimate of drug-likeness (QED) is 0.924. The summed E-state index contributed by atoms with van der Waals surface area (Å²) in [6.07, 6.45) is 6.09. The molecule has 118 valence electrons. The number of ether oxygens (including phenoxy) is 1. The molecular weight excluding hydrogens is 298 g/mol. The molecule has 0 aliphatic heterocycles. The first-order chi connectivity index (χ1) is 11.0. The average molecular weight is 313 g/mol. The molecule has 0 amide bonds. The standard InChI is InChI=1S/C16H15N3O4/c1-3-22-13-8-10(4-5-12(13)20)7-11-15(17)19-14(18-16(11)21)6-9(2)23-19/h4-8H,3,17H2,1-2H3. The van der Waals surface area contributed by atoms with Gasteiger partial charge in [-0.25, -0.2) is 0 Å². The molecule has 1 aliphatic carbocycles. The van der Waals surface area contributed by atoms with Crippen molar-refractivity contribution < 1.29 is 14.1 Å². The molecule has 0 saturated heterocycles. The molecule has 0 radical (unpaired) electrons. The van der Waals surface area contributed by atoms with E-state index in [-0.39, 0.29) is 22.9 Å². The fourth-order valence-electron chi connectivity index (χ4n) is 2.28. The van der Waals surface area contributed by atoms with Crippen LogP contribution >= 0.6 is 0 Å². The Balaban J connectivity index is 2.12. The highest BCUT2D eigenvalue weighted by Crippen LogP contribution is 2.20. The summed E-state index contributed by atoms with van der Waals surface area (Å²) in [5, 5.41) is 0. The third kappa shape index (κ3) is 2.68. The molecular formula is C16H15N3O4. The number of aromatic nitrogens is 2. The first kappa shape index (κ1) is 14.8. The first-order valence-corrected chi connectivity index (χ1v) is 7.07. The monoisotopic (exact) mass is 313 g/mol. The van der Waals surface area contributed by atoms with Crippen molar-refractivity contribution in [3.8, 4) is 0 Å². The molecule has 2 aromatic heterocycles. The second-order valence-electron chi connectivity index (χ2n) is 5.00. The van der Waals surface area contributed by atoms with Crippen LogP contribution in [0.25, 0.3) is 11.7 Å². The Morgan fingerprint density at radius 1 is 1.39 bits per heavy atom. The Morgan fingerprint density at radius 2 is 2.17 bits per heavy atom. The van der Waals surface area contributed by atoms with Gasteiger partial charge in [-0.1, -0.05) is 6.08 Å². The summed E-state index contributed by atoms with van der Waals surface area (Å²) in [6, 6.07) is 1.63. The molecule has 3 rings (SSSR count). The molecule has 0 fully saturated rings. The van der Waals surface area contributed by atoms with Gasteiger partial charge in [-0.15, -0.1) is 4.57 Å². The average Bonchev–Trinajstić information content (AvgIpc) is 2.87. The van der Waals surface area contributed by atoms with Gasteiger partial charge >= 0.3 is 0 Å². The molecule has 1 aliphatic rings. The van der Waals surface area contributed by atoms with E-state index in [0.29, 0.717) is 23.6 Å². The third-order valence-corrected chi connectivity index (χ3v) is 3.30. The van der Waals surface area contributed by atoms with E-state index in [1.165, 1.54) is 10.6 Å². The molecule has 7 nitrogen and oxygen atoms in total. The number of nitrogen functional groups attached to an aromatic ring is 1. The number of aryl methyl sites for hydroxylation is 1. The van der Waals surface area contributed by atoms with E-state index in [9.17, 15) is 9.59 Å². The highest BCUT2D eigenvalue weighted by atomic mass is 16.5. The Bertz CT molecular complexity index is 944. The minimum atomic E-state index is -0.465. The molecule has 0 atom stereocenters. The zero-order valence-corrected chi connectivity index (χ0v) is 12.7. The number of anilines is 1. The number of ketones is 1. The van der Waals surface area contributed by atoms with Gasteiger partial charge in [0.1, 0.15) is 5.76 Å². The van der Waals surface area contributed by atoms with Crippen LogP contribution in [-0.2, 0) is 9.53 Å². The zero-order valence-electron chi connectivity index (χ0n) is 12.7. The summed E-state index contributed by atoms with van der Waals surface area (Å²) in [6.45, 7) is 3.91. The topological polar surface area (TPSA) is 99.8 Å². The van der Waals surface area contributed by atoms with E-state index in [4.69, 9.17) is 15.0 Å². The van der Waals surface area contributed by atoms with E-state index >= 15 is 0 Å². The summed E-state index contributed by atoms with van der Waals surface area (Å²) >= 11 is 0. The lowest BCUT2D eigenvalue weighted by atomic mass is 10.0. The number of carbonyl (C=O) groups excluding carboxylic acids is 1. The van der Waals surface area contributed by atoms with Crippen molar-refractivity contribution in [3.05, 3.63) is 57.3 Å². The zero-order chi connectivity index (χ0) is 16.6. The fraction of sp³-hybridized carbons (Fsp3) is 0.188. The van der Waals surface area contributed by atoms with Gasteiger partial charge in [-0.3, -0.25) is 9.59 Å².